The second-order valence-corrected chi connectivity index (χ2v) is 6.11. The Morgan fingerprint density at radius 2 is 1.86 bits per heavy atom. The highest BCUT2D eigenvalue weighted by atomic mass is 19.4. The number of hydrogen-bond acceptors (Lipinski definition) is 5. The van der Waals surface area contributed by atoms with Crippen LogP contribution < -0.4 is 4.74 Å². The second-order valence-electron chi connectivity index (χ2n) is 6.11. The zero-order valence-electron chi connectivity index (χ0n) is 16.2. The lowest BCUT2D eigenvalue weighted by Gasteiger charge is -2.14. The van der Waals surface area contributed by atoms with Gasteiger partial charge in [0.25, 0.3) is 5.90 Å². The molecule has 0 unspecified atom stereocenters. The van der Waals surface area contributed by atoms with E-state index >= 15 is 0 Å². The van der Waals surface area contributed by atoms with Gasteiger partial charge in [-0.15, -0.1) is 0 Å². The minimum atomic E-state index is -4.50. The average molecular weight is 409 g/mol. The summed E-state index contributed by atoms with van der Waals surface area (Å²) in [6, 6.07) is 11.2. The number of carbonyl (C=O) groups is 1. The number of benzene rings is 2. The first-order chi connectivity index (χ1) is 13.8. The molecule has 8 heteroatoms. The first-order valence-corrected chi connectivity index (χ1v) is 9.05. The number of unbranched alkanes of at least 4 members (excludes halogenated alkanes) is 1. The van der Waals surface area contributed by atoms with Gasteiger partial charge >= 0.3 is 12.1 Å². The number of carbonyl (C=O) groups excluding carboxylic acids is 1. The molecule has 0 bridgehead atoms. The van der Waals surface area contributed by atoms with Crippen LogP contribution in [0, 0.1) is 0 Å². The van der Waals surface area contributed by atoms with Gasteiger partial charge in [0.1, 0.15) is 12.9 Å². The molecular formula is C21H22F3NO4. The molecule has 5 nitrogen and oxygen atoms in total. The summed E-state index contributed by atoms with van der Waals surface area (Å²) < 4.78 is 49.6. The zero-order valence-corrected chi connectivity index (χ0v) is 16.2. The first kappa shape index (κ1) is 22.3. The number of esters is 1. The van der Waals surface area contributed by atoms with Crippen LogP contribution in [0.2, 0.25) is 0 Å². The molecule has 0 atom stereocenters. The Morgan fingerprint density at radius 1 is 1.10 bits per heavy atom. The normalized spacial score (nSPS) is 11.8. The van der Waals surface area contributed by atoms with Crippen molar-refractivity contribution in [3.63, 3.8) is 0 Å². The summed E-state index contributed by atoms with van der Waals surface area (Å²) in [5.74, 6) is -0.540. The molecule has 0 amide bonds. The van der Waals surface area contributed by atoms with Crippen molar-refractivity contribution in [1.29, 1.82) is 0 Å². The Hall–Kier alpha value is -3.03. The summed E-state index contributed by atoms with van der Waals surface area (Å²) in [5, 5.41) is 3.79. The minimum absolute atomic E-state index is 0.0332. The van der Waals surface area contributed by atoms with Crippen LogP contribution in [0.5, 0.6) is 5.75 Å². The molecule has 156 valence electrons. The summed E-state index contributed by atoms with van der Waals surface area (Å²) >= 11 is 0. The Kier molecular flexibility index (Phi) is 8.06. The monoisotopic (exact) mass is 409 g/mol. The summed E-state index contributed by atoms with van der Waals surface area (Å²) in [5.41, 5.74) is 0.121. The Bertz CT molecular complexity index is 850. The first-order valence-electron chi connectivity index (χ1n) is 9.05. The molecule has 29 heavy (non-hydrogen) atoms. The van der Waals surface area contributed by atoms with Crippen molar-refractivity contribution in [2.24, 2.45) is 5.16 Å². The maximum absolute atomic E-state index is 12.9. The number of halogens is 3. The summed E-state index contributed by atoms with van der Waals surface area (Å²) in [4.78, 5) is 16.9. The van der Waals surface area contributed by atoms with Crippen LogP contribution in [0.15, 0.2) is 53.7 Å². The van der Waals surface area contributed by atoms with E-state index in [2.05, 4.69) is 5.16 Å². The number of nitrogens with zero attached hydrogens (tertiary/aromatic N) is 1. The van der Waals surface area contributed by atoms with Gasteiger partial charge in [-0.3, -0.25) is 4.79 Å². The largest absolute Gasteiger partial charge is 0.465 e. The predicted molar refractivity (Wildman–Crippen MR) is 102 cm³/mol. The van der Waals surface area contributed by atoms with E-state index < -0.39 is 17.7 Å². The molecule has 0 aliphatic heterocycles. The van der Waals surface area contributed by atoms with Crippen LogP contribution in [0.4, 0.5) is 13.2 Å². The molecule has 2 aromatic carbocycles. The van der Waals surface area contributed by atoms with E-state index in [9.17, 15) is 18.0 Å². The van der Waals surface area contributed by atoms with Gasteiger partial charge in [-0.25, -0.2) is 0 Å². The highest BCUT2D eigenvalue weighted by molar-refractivity contribution is 5.97. The summed E-state index contributed by atoms with van der Waals surface area (Å²) in [6.07, 6.45) is -2.87. The molecule has 0 aliphatic rings. The molecule has 0 saturated carbocycles. The molecule has 2 rings (SSSR count). The smallest absolute Gasteiger partial charge is 0.416 e. The fraction of sp³-hybridized carbons (Fsp3) is 0.333. The van der Waals surface area contributed by atoms with Crippen LogP contribution in [-0.2, 0) is 27.0 Å². The molecule has 2 aromatic rings. The van der Waals surface area contributed by atoms with Crippen molar-refractivity contribution in [3.8, 4) is 5.75 Å². The topological polar surface area (TPSA) is 57.1 Å². The molecule has 0 saturated heterocycles. The van der Waals surface area contributed by atoms with Crippen molar-refractivity contribution >= 4 is 11.9 Å². The number of rotatable bonds is 8. The fourth-order valence-electron chi connectivity index (χ4n) is 2.47. The van der Waals surface area contributed by atoms with Gasteiger partial charge in [-0.2, -0.15) is 13.2 Å². The molecule has 0 radical (unpaired) electrons. The SMILES string of the molecule is CCCCOC(=O)Cc1ccccc1/C(=N\OC)Oc1cccc(C(F)(F)F)c1. The van der Waals surface area contributed by atoms with Crippen LogP contribution in [0.3, 0.4) is 0 Å². The van der Waals surface area contributed by atoms with Gasteiger partial charge in [-0.05, 0) is 41.4 Å². The van der Waals surface area contributed by atoms with E-state index in [0.717, 1.165) is 25.0 Å². The predicted octanol–water partition coefficient (Wildman–Crippen LogP) is 4.98. The van der Waals surface area contributed by atoms with Crippen LogP contribution in [-0.4, -0.2) is 25.6 Å². The second kappa shape index (κ2) is 10.5. The van der Waals surface area contributed by atoms with Crippen LogP contribution in [0.1, 0.15) is 36.5 Å². The number of ether oxygens (including phenoxy) is 2. The molecule has 0 aromatic heterocycles. The van der Waals surface area contributed by atoms with Crippen molar-refractivity contribution in [3.05, 3.63) is 65.2 Å². The Morgan fingerprint density at radius 3 is 2.55 bits per heavy atom. The fourth-order valence-corrected chi connectivity index (χ4v) is 2.47. The van der Waals surface area contributed by atoms with Crippen molar-refractivity contribution in [1.82, 2.24) is 0 Å². The van der Waals surface area contributed by atoms with E-state index in [4.69, 9.17) is 14.3 Å². The summed E-state index contributed by atoms with van der Waals surface area (Å²) in [7, 11) is 1.29. The zero-order chi connectivity index (χ0) is 21.3. The molecule has 0 heterocycles. The Balaban J connectivity index is 2.26. The van der Waals surface area contributed by atoms with Crippen molar-refractivity contribution in [2.75, 3.05) is 13.7 Å². The minimum Gasteiger partial charge on any atom is -0.465 e. The van der Waals surface area contributed by atoms with Gasteiger partial charge in [-0.1, -0.05) is 37.6 Å². The number of alkyl halides is 3. The summed E-state index contributed by atoms with van der Waals surface area (Å²) in [6.45, 7) is 2.32. The van der Waals surface area contributed by atoms with Crippen LogP contribution in [0.25, 0.3) is 0 Å². The van der Waals surface area contributed by atoms with E-state index in [1.54, 1.807) is 24.3 Å². The third-order valence-electron chi connectivity index (χ3n) is 3.89. The lowest BCUT2D eigenvalue weighted by molar-refractivity contribution is -0.143. The van der Waals surface area contributed by atoms with E-state index in [1.807, 2.05) is 6.92 Å². The maximum atomic E-state index is 12.9. The Labute approximate surface area is 167 Å². The molecule has 0 spiro atoms. The van der Waals surface area contributed by atoms with E-state index in [0.29, 0.717) is 17.7 Å². The van der Waals surface area contributed by atoms with Gasteiger partial charge in [0.15, 0.2) is 0 Å². The van der Waals surface area contributed by atoms with E-state index in [-0.39, 0.29) is 18.1 Å². The number of oxime groups is 1. The molecule has 0 aliphatic carbocycles. The number of hydrogen-bond donors (Lipinski definition) is 0. The lowest BCUT2D eigenvalue weighted by atomic mass is 10.0. The lowest BCUT2D eigenvalue weighted by Crippen LogP contribution is -2.17. The average Bonchev–Trinajstić information content (AvgIpc) is 2.68. The molecule has 0 fully saturated rings. The molecule has 0 N–H and O–H groups in total. The highest BCUT2D eigenvalue weighted by Crippen LogP contribution is 2.31. The van der Waals surface area contributed by atoms with Gasteiger partial charge in [0, 0.05) is 5.56 Å². The maximum Gasteiger partial charge on any atom is 0.416 e. The van der Waals surface area contributed by atoms with Crippen molar-refractivity contribution in [2.45, 2.75) is 32.4 Å². The molecular weight excluding hydrogens is 387 g/mol. The van der Waals surface area contributed by atoms with Gasteiger partial charge in [0.05, 0.1) is 18.6 Å². The van der Waals surface area contributed by atoms with Gasteiger partial charge < -0.3 is 14.3 Å². The highest BCUT2D eigenvalue weighted by Gasteiger charge is 2.30. The standard InChI is InChI=1S/C21H22F3NO4/c1-3-4-12-28-19(26)13-15-8-5-6-11-18(15)20(25-27-2)29-17-10-7-9-16(14-17)21(22,23)24/h5-11,14H,3-4,12-13H2,1-2H3/b25-20+. The third kappa shape index (κ3) is 6.81. The third-order valence-corrected chi connectivity index (χ3v) is 3.89. The van der Waals surface area contributed by atoms with Crippen molar-refractivity contribution < 1.29 is 32.3 Å². The van der Waals surface area contributed by atoms with Crippen LogP contribution >= 0.6 is 0 Å². The van der Waals surface area contributed by atoms with Gasteiger partial charge in [0.2, 0.25) is 0 Å². The quantitative estimate of drug-likeness (QED) is 0.203. The van der Waals surface area contributed by atoms with E-state index in [1.165, 1.54) is 19.2 Å².